The second-order valence-electron chi connectivity index (χ2n) is 5.28. The van der Waals surface area contributed by atoms with E-state index in [0.29, 0.717) is 27.0 Å². The van der Waals surface area contributed by atoms with Crippen molar-refractivity contribution in [1.82, 2.24) is 4.98 Å². The number of fused-ring (bicyclic) bond motifs is 1. The van der Waals surface area contributed by atoms with E-state index in [4.69, 9.17) is 16.3 Å². The summed E-state index contributed by atoms with van der Waals surface area (Å²) in [6.45, 7) is 3.93. The fourth-order valence-electron chi connectivity index (χ4n) is 2.45. The molecule has 1 aromatic heterocycles. The van der Waals surface area contributed by atoms with Crippen LogP contribution in [0.15, 0.2) is 30.3 Å². The molecule has 0 bridgehead atoms. The van der Waals surface area contributed by atoms with Gasteiger partial charge in [0.1, 0.15) is 11.3 Å². The normalized spacial score (nSPS) is 10.8. The molecule has 118 valence electrons. The molecule has 0 aliphatic heterocycles. The van der Waals surface area contributed by atoms with Gasteiger partial charge in [-0.2, -0.15) is 0 Å². The second-order valence-corrected chi connectivity index (χ2v) is 6.68. The van der Waals surface area contributed by atoms with E-state index in [1.807, 2.05) is 32.0 Å². The quantitative estimate of drug-likeness (QED) is 0.739. The van der Waals surface area contributed by atoms with Gasteiger partial charge in [0.15, 0.2) is 5.13 Å². The van der Waals surface area contributed by atoms with Crippen molar-refractivity contribution in [2.75, 3.05) is 12.4 Å². The predicted molar refractivity (Wildman–Crippen MR) is 95.1 cm³/mol. The van der Waals surface area contributed by atoms with Gasteiger partial charge in [0.05, 0.1) is 16.8 Å². The van der Waals surface area contributed by atoms with E-state index in [2.05, 4.69) is 10.3 Å². The summed E-state index contributed by atoms with van der Waals surface area (Å²) in [6.07, 6.45) is 0. The van der Waals surface area contributed by atoms with Crippen molar-refractivity contribution in [3.05, 3.63) is 52.0 Å². The lowest BCUT2D eigenvalue weighted by Crippen LogP contribution is -2.12. The van der Waals surface area contributed by atoms with Crippen LogP contribution in [0.25, 0.3) is 10.2 Å². The molecule has 0 atom stereocenters. The highest BCUT2D eigenvalue weighted by Gasteiger charge is 2.15. The average molecular weight is 347 g/mol. The Morgan fingerprint density at radius 2 is 1.91 bits per heavy atom. The molecule has 2 aromatic carbocycles. The van der Waals surface area contributed by atoms with Gasteiger partial charge in [-0.1, -0.05) is 40.1 Å². The van der Waals surface area contributed by atoms with Crippen molar-refractivity contribution in [2.24, 2.45) is 0 Å². The summed E-state index contributed by atoms with van der Waals surface area (Å²) in [5.41, 5.74) is 3.36. The van der Waals surface area contributed by atoms with Gasteiger partial charge in [0, 0.05) is 5.56 Å². The Labute approximate surface area is 143 Å². The number of aryl methyl sites for hydroxylation is 2. The van der Waals surface area contributed by atoms with Gasteiger partial charge in [-0.25, -0.2) is 4.98 Å². The van der Waals surface area contributed by atoms with Crippen molar-refractivity contribution in [2.45, 2.75) is 13.8 Å². The first kappa shape index (κ1) is 15.8. The van der Waals surface area contributed by atoms with Crippen LogP contribution in [0.5, 0.6) is 5.75 Å². The van der Waals surface area contributed by atoms with Crippen molar-refractivity contribution in [3.8, 4) is 5.75 Å². The number of halogens is 1. The van der Waals surface area contributed by atoms with Crippen LogP contribution in [0.1, 0.15) is 21.5 Å². The Bertz CT molecular complexity index is 885. The monoisotopic (exact) mass is 346 g/mol. The number of hydrogen-bond donors (Lipinski definition) is 1. The van der Waals surface area contributed by atoms with Gasteiger partial charge >= 0.3 is 0 Å². The Kier molecular flexibility index (Phi) is 4.24. The van der Waals surface area contributed by atoms with Crippen molar-refractivity contribution < 1.29 is 9.53 Å². The molecule has 0 saturated carbocycles. The zero-order valence-corrected chi connectivity index (χ0v) is 14.5. The molecule has 23 heavy (non-hydrogen) atoms. The van der Waals surface area contributed by atoms with Crippen molar-refractivity contribution in [1.29, 1.82) is 0 Å². The van der Waals surface area contributed by atoms with E-state index >= 15 is 0 Å². The topological polar surface area (TPSA) is 51.2 Å². The number of amides is 1. The van der Waals surface area contributed by atoms with Crippen LogP contribution in [0, 0.1) is 13.8 Å². The maximum atomic E-state index is 12.4. The van der Waals surface area contributed by atoms with Gasteiger partial charge in [-0.15, -0.1) is 0 Å². The van der Waals surface area contributed by atoms with Crippen LogP contribution < -0.4 is 10.1 Å². The number of nitrogens with zero attached hydrogens (tertiary/aromatic N) is 1. The first-order chi connectivity index (χ1) is 11.0. The summed E-state index contributed by atoms with van der Waals surface area (Å²) in [5, 5.41) is 3.92. The smallest absolute Gasteiger partial charge is 0.257 e. The van der Waals surface area contributed by atoms with E-state index < -0.39 is 0 Å². The number of ether oxygens (including phenoxy) is 1. The van der Waals surface area contributed by atoms with E-state index in [-0.39, 0.29) is 5.91 Å². The number of carbonyl (C=O) groups is 1. The Hall–Kier alpha value is -2.11. The van der Waals surface area contributed by atoms with Crippen molar-refractivity contribution >= 4 is 44.2 Å². The highest BCUT2D eigenvalue weighted by atomic mass is 35.5. The third kappa shape index (κ3) is 3.16. The molecule has 0 aliphatic carbocycles. The largest absolute Gasteiger partial charge is 0.494 e. The molecule has 0 aliphatic rings. The molecule has 0 spiro atoms. The average Bonchev–Trinajstić information content (AvgIpc) is 2.91. The molecular weight excluding hydrogens is 332 g/mol. The SMILES string of the molecule is COc1ccc(Cl)c2sc(NC(=O)c3cc(C)cc(C)c3)nc12. The summed E-state index contributed by atoms with van der Waals surface area (Å²) in [6, 6.07) is 9.25. The van der Waals surface area contributed by atoms with Crippen LogP contribution in [-0.2, 0) is 0 Å². The molecule has 6 heteroatoms. The number of methoxy groups -OCH3 is 1. The lowest BCUT2D eigenvalue weighted by molar-refractivity contribution is 0.102. The molecule has 0 saturated heterocycles. The molecule has 0 unspecified atom stereocenters. The summed E-state index contributed by atoms with van der Waals surface area (Å²) in [5.74, 6) is 0.443. The van der Waals surface area contributed by atoms with Gasteiger partial charge in [-0.05, 0) is 38.1 Å². The third-order valence-corrected chi connectivity index (χ3v) is 4.81. The standard InChI is InChI=1S/C17H15ClN2O2S/c1-9-6-10(2)8-11(7-9)16(21)20-17-19-14-13(22-3)5-4-12(18)15(14)23-17/h4-8H,1-3H3,(H,19,20,21). The maximum absolute atomic E-state index is 12.4. The highest BCUT2D eigenvalue weighted by molar-refractivity contribution is 7.23. The lowest BCUT2D eigenvalue weighted by atomic mass is 10.1. The molecular formula is C17H15ClN2O2S. The molecule has 1 amide bonds. The predicted octanol–water partition coefficient (Wildman–Crippen LogP) is 4.83. The molecule has 0 radical (unpaired) electrons. The molecule has 1 N–H and O–H groups in total. The fraction of sp³-hybridized carbons (Fsp3) is 0.176. The van der Waals surface area contributed by atoms with Gasteiger partial charge in [0.25, 0.3) is 5.91 Å². The van der Waals surface area contributed by atoms with Gasteiger partial charge in [-0.3, -0.25) is 10.1 Å². The Balaban J connectivity index is 1.95. The number of aromatic nitrogens is 1. The molecule has 4 nitrogen and oxygen atoms in total. The number of nitrogens with one attached hydrogen (secondary N) is 1. The number of carbonyl (C=O) groups excluding carboxylic acids is 1. The summed E-state index contributed by atoms with van der Waals surface area (Å²) >= 11 is 7.53. The summed E-state index contributed by atoms with van der Waals surface area (Å²) < 4.78 is 6.08. The van der Waals surface area contributed by atoms with E-state index in [0.717, 1.165) is 15.8 Å². The minimum atomic E-state index is -0.189. The van der Waals surface area contributed by atoms with Crippen LogP contribution in [-0.4, -0.2) is 18.0 Å². The lowest BCUT2D eigenvalue weighted by Gasteiger charge is -2.04. The molecule has 0 fully saturated rings. The van der Waals surface area contributed by atoms with Crippen molar-refractivity contribution in [3.63, 3.8) is 0 Å². The summed E-state index contributed by atoms with van der Waals surface area (Å²) in [4.78, 5) is 16.9. The highest BCUT2D eigenvalue weighted by Crippen LogP contribution is 2.37. The number of hydrogen-bond acceptors (Lipinski definition) is 4. The van der Waals surface area contributed by atoms with Crippen LogP contribution in [0.3, 0.4) is 0 Å². The first-order valence-electron chi connectivity index (χ1n) is 7.00. The second kappa shape index (κ2) is 6.18. The number of anilines is 1. The molecule has 3 rings (SSSR count). The number of thiazole rings is 1. The van der Waals surface area contributed by atoms with Crippen LogP contribution in [0.4, 0.5) is 5.13 Å². The zero-order chi connectivity index (χ0) is 16.6. The van der Waals surface area contributed by atoms with E-state index in [9.17, 15) is 4.79 Å². The van der Waals surface area contributed by atoms with Crippen LogP contribution in [0.2, 0.25) is 5.02 Å². The number of benzene rings is 2. The van der Waals surface area contributed by atoms with E-state index in [1.54, 1.807) is 19.2 Å². The molecule has 1 heterocycles. The maximum Gasteiger partial charge on any atom is 0.257 e. The van der Waals surface area contributed by atoms with Gasteiger partial charge < -0.3 is 4.74 Å². The fourth-order valence-corrected chi connectivity index (χ4v) is 3.60. The first-order valence-corrected chi connectivity index (χ1v) is 8.20. The Morgan fingerprint density at radius 3 is 2.57 bits per heavy atom. The zero-order valence-electron chi connectivity index (χ0n) is 12.9. The minimum Gasteiger partial charge on any atom is -0.494 e. The Morgan fingerprint density at radius 1 is 1.22 bits per heavy atom. The third-order valence-electron chi connectivity index (χ3n) is 3.38. The van der Waals surface area contributed by atoms with Gasteiger partial charge in [0.2, 0.25) is 0 Å². The summed E-state index contributed by atoms with van der Waals surface area (Å²) in [7, 11) is 1.58. The van der Waals surface area contributed by atoms with Crippen LogP contribution >= 0.6 is 22.9 Å². The number of rotatable bonds is 3. The molecule has 3 aromatic rings. The minimum absolute atomic E-state index is 0.189. The van der Waals surface area contributed by atoms with E-state index in [1.165, 1.54) is 11.3 Å².